The molecule has 10 nitrogen and oxygen atoms in total. The zero-order valence-electron chi connectivity index (χ0n) is 18.4. The minimum absolute atomic E-state index is 0.174. The van der Waals surface area contributed by atoms with E-state index >= 15 is 0 Å². The number of nitrogens with zero attached hydrogens (tertiary/aromatic N) is 6. The SMILES string of the molecule is Cc1nc(Nc2ncc(C(=O)Nc3c(Br)ccnc3C)s2)cc(N2CCN(CCO)CC2)n1. The fourth-order valence-corrected chi connectivity index (χ4v) is 4.75. The summed E-state index contributed by atoms with van der Waals surface area (Å²) in [4.78, 5) is 35.2. The van der Waals surface area contributed by atoms with Gasteiger partial charge in [-0.05, 0) is 35.8 Å². The number of anilines is 4. The number of aliphatic hydroxyl groups excluding tert-OH is 1. The second kappa shape index (κ2) is 10.5. The molecule has 4 heterocycles. The van der Waals surface area contributed by atoms with Gasteiger partial charge in [0.2, 0.25) is 0 Å². The van der Waals surface area contributed by atoms with E-state index in [1.807, 2.05) is 19.9 Å². The number of piperazine rings is 1. The Kier molecular flexibility index (Phi) is 7.48. The second-order valence-electron chi connectivity index (χ2n) is 7.57. The van der Waals surface area contributed by atoms with Crippen LogP contribution < -0.4 is 15.5 Å². The lowest BCUT2D eigenvalue weighted by atomic mass is 10.3. The number of carbonyl (C=O) groups excluding carboxylic acids is 1. The summed E-state index contributed by atoms with van der Waals surface area (Å²) in [6.45, 7) is 7.98. The summed E-state index contributed by atoms with van der Waals surface area (Å²) < 4.78 is 0.771. The highest BCUT2D eigenvalue weighted by molar-refractivity contribution is 9.10. The molecular weight excluding hydrogens is 508 g/mol. The fraction of sp³-hybridized carbons (Fsp3) is 0.381. The van der Waals surface area contributed by atoms with E-state index in [1.54, 1.807) is 12.3 Å². The minimum Gasteiger partial charge on any atom is -0.395 e. The largest absolute Gasteiger partial charge is 0.395 e. The summed E-state index contributed by atoms with van der Waals surface area (Å²) in [7, 11) is 0. The zero-order chi connectivity index (χ0) is 23.4. The number of aromatic nitrogens is 4. The van der Waals surface area contributed by atoms with Crippen molar-refractivity contribution in [1.29, 1.82) is 0 Å². The maximum atomic E-state index is 12.7. The predicted octanol–water partition coefficient (Wildman–Crippen LogP) is 2.82. The molecule has 0 aliphatic carbocycles. The Balaban J connectivity index is 1.43. The van der Waals surface area contributed by atoms with E-state index in [-0.39, 0.29) is 12.5 Å². The van der Waals surface area contributed by atoms with Gasteiger partial charge in [-0.1, -0.05) is 11.3 Å². The Morgan fingerprint density at radius 1 is 1.21 bits per heavy atom. The van der Waals surface area contributed by atoms with Gasteiger partial charge >= 0.3 is 0 Å². The van der Waals surface area contributed by atoms with Gasteiger partial charge in [0, 0.05) is 49.5 Å². The summed E-state index contributed by atoms with van der Waals surface area (Å²) in [6.07, 6.45) is 3.22. The molecule has 0 atom stereocenters. The van der Waals surface area contributed by atoms with Crippen LogP contribution >= 0.6 is 27.3 Å². The van der Waals surface area contributed by atoms with Crippen molar-refractivity contribution >= 4 is 55.6 Å². The van der Waals surface area contributed by atoms with Crippen LogP contribution in [0.15, 0.2) is 29.0 Å². The topological polar surface area (TPSA) is 119 Å². The molecule has 0 aromatic carbocycles. The molecule has 1 fully saturated rings. The van der Waals surface area contributed by atoms with Gasteiger partial charge in [-0.25, -0.2) is 15.0 Å². The van der Waals surface area contributed by atoms with Gasteiger partial charge in [0.15, 0.2) is 5.13 Å². The molecule has 3 aromatic heterocycles. The van der Waals surface area contributed by atoms with E-state index < -0.39 is 0 Å². The van der Waals surface area contributed by atoms with Crippen molar-refractivity contribution in [3.05, 3.63) is 45.4 Å². The van der Waals surface area contributed by atoms with Crippen LogP contribution in [0.3, 0.4) is 0 Å². The van der Waals surface area contributed by atoms with E-state index in [4.69, 9.17) is 5.11 Å². The van der Waals surface area contributed by atoms with Crippen molar-refractivity contribution in [2.45, 2.75) is 13.8 Å². The Morgan fingerprint density at radius 2 is 2.00 bits per heavy atom. The molecule has 0 unspecified atom stereocenters. The van der Waals surface area contributed by atoms with Gasteiger partial charge in [-0.2, -0.15) is 0 Å². The van der Waals surface area contributed by atoms with Gasteiger partial charge in [-0.15, -0.1) is 0 Å². The smallest absolute Gasteiger partial charge is 0.267 e. The quantitative estimate of drug-likeness (QED) is 0.421. The molecule has 3 N–H and O–H groups in total. The molecule has 1 saturated heterocycles. The third kappa shape index (κ3) is 5.82. The fourth-order valence-electron chi connectivity index (χ4n) is 3.53. The summed E-state index contributed by atoms with van der Waals surface area (Å²) in [5.41, 5.74) is 1.36. The molecule has 0 bridgehead atoms. The predicted molar refractivity (Wildman–Crippen MR) is 133 cm³/mol. The van der Waals surface area contributed by atoms with Crippen LogP contribution in [0, 0.1) is 13.8 Å². The molecule has 174 valence electrons. The molecule has 0 spiro atoms. The van der Waals surface area contributed by atoms with E-state index in [2.05, 4.69) is 56.3 Å². The normalized spacial score (nSPS) is 14.4. The highest BCUT2D eigenvalue weighted by Gasteiger charge is 2.19. The second-order valence-corrected chi connectivity index (χ2v) is 9.46. The first-order chi connectivity index (χ1) is 15.9. The molecule has 3 aromatic rings. The highest BCUT2D eigenvalue weighted by Crippen LogP contribution is 2.28. The maximum absolute atomic E-state index is 12.7. The van der Waals surface area contributed by atoms with Crippen LogP contribution in [-0.2, 0) is 0 Å². The number of aliphatic hydroxyl groups is 1. The standard InChI is InChI=1S/C21H25BrN8O2S/c1-13-19(15(22)3-4-23-13)28-20(32)16-12-24-21(33-16)27-17-11-18(26-14(2)25-17)30-7-5-29(6-8-30)9-10-31/h3-4,11-12,31H,5-10H2,1-2H3,(H,28,32)(H,24,25,26,27). The third-order valence-electron chi connectivity index (χ3n) is 5.23. The van der Waals surface area contributed by atoms with Gasteiger partial charge < -0.3 is 20.6 Å². The Bertz CT molecular complexity index is 1110. The monoisotopic (exact) mass is 532 g/mol. The lowest BCUT2D eigenvalue weighted by molar-refractivity contribution is 0.103. The van der Waals surface area contributed by atoms with Gasteiger partial charge in [0.05, 0.1) is 24.2 Å². The van der Waals surface area contributed by atoms with Gasteiger partial charge in [0.25, 0.3) is 5.91 Å². The van der Waals surface area contributed by atoms with Gasteiger partial charge in [-0.3, -0.25) is 14.7 Å². The van der Waals surface area contributed by atoms with E-state index in [0.29, 0.717) is 33.9 Å². The average molecular weight is 533 g/mol. The number of hydrogen-bond donors (Lipinski definition) is 3. The summed E-state index contributed by atoms with van der Waals surface area (Å²) in [6, 6.07) is 3.68. The number of β-amino-alcohol motifs (C(OH)–C–C–N with tert-alkyl or cyclic N) is 1. The number of rotatable bonds is 7. The number of halogens is 1. The minimum atomic E-state index is -0.252. The molecule has 1 amide bonds. The number of hydrogen-bond acceptors (Lipinski definition) is 10. The summed E-state index contributed by atoms with van der Waals surface area (Å²) in [5.74, 6) is 1.87. The molecule has 4 rings (SSSR count). The van der Waals surface area contributed by atoms with Crippen molar-refractivity contribution in [2.24, 2.45) is 0 Å². The van der Waals surface area contributed by atoms with E-state index in [0.717, 1.165) is 42.2 Å². The highest BCUT2D eigenvalue weighted by atomic mass is 79.9. The first-order valence-electron chi connectivity index (χ1n) is 10.5. The van der Waals surface area contributed by atoms with E-state index in [9.17, 15) is 4.79 Å². The Morgan fingerprint density at radius 3 is 2.73 bits per heavy atom. The summed E-state index contributed by atoms with van der Waals surface area (Å²) in [5, 5.41) is 15.8. The van der Waals surface area contributed by atoms with Crippen LogP contribution in [0.1, 0.15) is 21.2 Å². The number of nitrogens with one attached hydrogen (secondary N) is 2. The first kappa shape index (κ1) is 23.5. The van der Waals surface area contributed by atoms with Crippen molar-refractivity contribution < 1.29 is 9.90 Å². The number of aryl methyl sites for hydroxylation is 2. The Hall–Kier alpha value is -2.67. The number of pyridine rings is 1. The molecule has 12 heteroatoms. The van der Waals surface area contributed by atoms with Crippen molar-refractivity contribution in [2.75, 3.05) is 54.9 Å². The Labute approximate surface area is 204 Å². The molecule has 0 radical (unpaired) electrons. The number of amides is 1. The molecule has 1 aliphatic rings. The van der Waals surface area contributed by atoms with Crippen LogP contribution in [0.25, 0.3) is 0 Å². The molecule has 0 saturated carbocycles. The maximum Gasteiger partial charge on any atom is 0.267 e. The first-order valence-corrected chi connectivity index (χ1v) is 12.1. The lowest BCUT2D eigenvalue weighted by Gasteiger charge is -2.35. The number of carbonyl (C=O) groups is 1. The van der Waals surface area contributed by atoms with E-state index in [1.165, 1.54) is 17.5 Å². The molecule has 1 aliphatic heterocycles. The van der Waals surface area contributed by atoms with Crippen molar-refractivity contribution in [3.8, 4) is 0 Å². The van der Waals surface area contributed by atoms with Crippen molar-refractivity contribution in [1.82, 2.24) is 24.8 Å². The third-order valence-corrected chi connectivity index (χ3v) is 6.80. The number of thiazole rings is 1. The van der Waals surface area contributed by atoms with Gasteiger partial charge in [0.1, 0.15) is 22.3 Å². The lowest BCUT2D eigenvalue weighted by Crippen LogP contribution is -2.47. The summed E-state index contributed by atoms with van der Waals surface area (Å²) >= 11 is 4.69. The van der Waals surface area contributed by atoms with Crippen LogP contribution in [-0.4, -0.2) is 75.2 Å². The molecule has 33 heavy (non-hydrogen) atoms. The van der Waals surface area contributed by atoms with Crippen LogP contribution in [0.5, 0.6) is 0 Å². The molecular formula is C21H25BrN8O2S. The average Bonchev–Trinajstić information content (AvgIpc) is 3.25. The van der Waals surface area contributed by atoms with Crippen LogP contribution in [0.2, 0.25) is 0 Å². The zero-order valence-corrected chi connectivity index (χ0v) is 20.8. The van der Waals surface area contributed by atoms with Crippen LogP contribution in [0.4, 0.5) is 22.5 Å². The van der Waals surface area contributed by atoms with Crippen molar-refractivity contribution in [3.63, 3.8) is 0 Å².